The van der Waals surface area contributed by atoms with Gasteiger partial charge >= 0.3 is 0 Å². The van der Waals surface area contributed by atoms with E-state index in [1.807, 2.05) is 0 Å². The predicted molar refractivity (Wildman–Crippen MR) is 45.2 cm³/mol. The van der Waals surface area contributed by atoms with Crippen molar-refractivity contribution in [1.82, 2.24) is 5.32 Å². The molecule has 1 atom stereocenters. The van der Waals surface area contributed by atoms with Crippen LogP contribution in [0.25, 0.3) is 0 Å². The molecule has 0 aliphatic heterocycles. The van der Waals surface area contributed by atoms with Gasteiger partial charge in [0.2, 0.25) is 6.41 Å². The van der Waals surface area contributed by atoms with E-state index in [2.05, 4.69) is 5.32 Å². The molecule has 0 saturated carbocycles. The number of carbonyl (C=O) groups excluding carboxylic acids is 1. The number of nitrogens with one attached hydrogen (secondary N) is 1. The molecule has 2 nitrogen and oxygen atoms in total. The molecule has 0 radical (unpaired) electrons. The van der Waals surface area contributed by atoms with Gasteiger partial charge in [-0.25, -0.2) is 4.39 Å². The number of hydrogen-bond acceptors (Lipinski definition) is 1. The first kappa shape index (κ1) is 8.97. The zero-order valence-electron chi connectivity index (χ0n) is 7.01. The number of halogens is 1. The fourth-order valence-corrected chi connectivity index (χ4v) is 1.28. The van der Waals surface area contributed by atoms with E-state index in [4.69, 9.17) is 0 Å². The van der Waals surface area contributed by atoms with Gasteiger partial charge in [0, 0.05) is 0 Å². The fourth-order valence-electron chi connectivity index (χ4n) is 1.28. The summed E-state index contributed by atoms with van der Waals surface area (Å²) in [6, 6.07) is -0.188. The minimum absolute atomic E-state index is 0.188. The third kappa shape index (κ3) is 1.94. The summed E-state index contributed by atoms with van der Waals surface area (Å²) >= 11 is 0. The van der Waals surface area contributed by atoms with Crippen molar-refractivity contribution >= 4 is 6.41 Å². The summed E-state index contributed by atoms with van der Waals surface area (Å²) in [7, 11) is 0. The second-order valence-electron chi connectivity index (χ2n) is 2.82. The molecule has 1 aliphatic carbocycles. The van der Waals surface area contributed by atoms with Crippen LogP contribution in [0.15, 0.2) is 23.6 Å². The SMILES string of the molecule is CC(NC=O)C1=C(F)C=CCC1. The summed E-state index contributed by atoms with van der Waals surface area (Å²) in [6.07, 6.45) is 5.41. The first-order valence-electron chi connectivity index (χ1n) is 4.00. The van der Waals surface area contributed by atoms with Crippen LogP contribution >= 0.6 is 0 Å². The largest absolute Gasteiger partial charge is 0.352 e. The average Bonchev–Trinajstić information content (AvgIpc) is 2.05. The maximum absolute atomic E-state index is 13.1. The Hall–Kier alpha value is -1.12. The monoisotopic (exact) mass is 169 g/mol. The molecule has 0 aromatic rings. The van der Waals surface area contributed by atoms with Crippen LogP contribution in [0, 0.1) is 0 Å². The smallest absolute Gasteiger partial charge is 0.207 e. The first-order chi connectivity index (χ1) is 5.75. The van der Waals surface area contributed by atoms with Gasteiger partial charge in [-0.05, 0) is 31.4 Å². The molecule has 1 N–H and O–H groups in total. The summed E-state index contributed by atoms with van der Waals surface area (Å²) in [5.41, 5.74) is 0.685. The summed E-state index contributed by atoms with van der Waals surface area (Å²) in [5, 5.41) is 2.53. The van der Waals surface area contributed by atoms with Gasteiger partial charge in [-0.15, -0.1) is 0 Å². The minimum atomic E-state index is -0.205. The number of amides is 1. The van der Waals surface area contributed by atoms with Crippen molar-refractivity contribution < 1.29 is 9.18 Å². The van der Waals surface area contributed by atoms with Gasteiger partial charge in [0.25, 0.3) is 0 Å². The maximum atomic E-state index is 13.1. The third-order valence-electron chi connectivity index (χ3n) is 1.99. The standard InChI is InChI=1S/C9H12FNO/c1-7(11-6-12)8-4-2-3-5-9(8)10/h3,5-7H,2,4H2,1H3,(H,11,12). The molecule has 1 aliphatic rings. The molecule has 0 saturated heterocycles. The molecule has 0 spiro atoms. The number of rotatable bonds is 3. The number of hydrogen-bond donors (Lipinski definition) is 1. The maximum Gasteiger partial charge on any atom is 0.207 e. The van der Waals surface area contributed by atoms with Crippen LogP contribution in [0.3, 0.4) is 0 Å². The Morgan fingerprint density at radius 3 is 3.08 bits per heavy atom. The molecule has 1 unspecified atom stereocenters. The Labute approximate surface area is 71.2 Å². The summed E-state index contributed by atoms with van der Waals surface area (Å²) in [4.78, 5) is 10.1. The van der Waals surface area contributed by atoms with Crippen molar-refractivity contribution in [1.29, 1.82) is 0 Å². The second-order valence-corrected chi connectivity index (χ2v) is 2.82. The Morgan fingerprint density at radius 1 is 1.75 bits per heavy atom. The highest BCUT2D eigenvalue weighted by Crippen LogP contribution is 2.22. The van der Waals surface area contributed by atoms with Crippen LogP contribution in [-0.4, -0.2) is 12.5 Å². The highest BCUT2D eigenvalue weighted by atomic mass is 19.1. The van der Waals surface area contributed by atoms with Crippen molar-refractivity contribution in [2.75, 3.05) is 0 Å². The quantitative estimate of drug-likeness (QED) is 0.640. The Bertz CT molecular complexity index is 233. The van der Waals surface area contributed by atoms with Crippen LogP contribution in [0.5, 0.6) is 0 Å². The molecule has 3 heteroatoms. The van der Waals surface area contributed by atoms with E-state index in [9.17, 15) is 9.18 Å². The molecular weight excluding hydrogens is 157 g/mol. The lowest BCUT2D eigenvalue weighted by Gasteiger charge is -2.17. The molecule has 66 valence electrons. The Balaban J connectivity index is 2.70. The van der Waals surface area contributed by atoms with E-state index in [0.717, 1.165) is 6.42 Å². The Morgan fingerprint density at radius 2 is 2.50 bits per heavy atom. The third-order valence-corrected chi connectivity index (χ3v) is 1.99. The van der Waals surface area contributed by atoms with Crippen molar-refractivity contribution in [3.8, 4) is 0 Å². The van der Waals surface area contributed by atoms with Gasteiger partial charge in [-0.2, -0.15) is 0 Å². The van der Waals surface area contributed by atoms with Gasteiger partial charge in [0.15, 0.2) is 0 Å². The van der Waals surface area contributed by atoms with Gasteiger partial charge in [0.1, 0.15) is 5.83 Å². The molecule has 1 rings (SSSR count). The van der Waals surface area contributed by atoms with Crippen LogP contribution in [0.4, 0.5) is 4.39 Å². The van der Waals surface area contributed by atoms with Crippen molar-refractivity contribution in [2.24, 2.45) is 0 Å². The highest BCUT2D eigenvalue weighted by Gasteiger charge is 2.13. The van der Waals surface area contributed by atoms with Gasteiger partial charge in [-0.3, -0.25) is 4.79 Å². The van der Waals surface area contributed by atoms with E-state index in [1.54, 1.807) is 13.0 Å². The lowest BCUT2D eigenvalue weighted by Crippen LogP contribution is -2.27. The van der Waals surface area contributed by atoms with Gasteiger partial charge in [0.05, 0.1) is 6.04 Å². The molecule has 12 heavy (non-hydrogen) atoms. The zero-order valence-corrected chi connectivity index (χ0v) is 7.01. The van der Waals surface area contributed by atoms with Crippen LogP contribution < -0.4 is 5.32 Å². The molecule has 0 aromatic carbocycles. The van der Waals surface area contributed by atoms with E-state index in [-0.39, 0.29) is 11.9 Å². The zero-order chi connectivity index (χ0) is 8.97. The molecule has 0 heterocycles. The fraction of sp³-hybridized carbons (Fsp3) is 0.444. The minimum Gasteiger partial charge on any atom is -0.352 e. The molecule has 0 bridgehead atoms. The van der Waals surface area contributed by atoms with Crippen LogP contribution in [-0.2, 0) is 4.79 Å². The molecule has 0 fully saturated rings. The summed E-state index contributed by atoms with van der Waals surface area (Å²) in [5.74, 6) is -0.205. The summed E-state index contributed by atoms with van der Waals surface area (Å²) < 4.78 is 13.1. The average molecular weight is 169 g/mol. The van der Waals surface area contributed by atoms with Crippen molar-refractivity contribution in [2.45, 2.75) is 25.8 Å². The predicted octanol–water partition coefficient (Wildman–Crippen LogP) is 1.69. The lowest BCUT2D eigenvalue weighted by molar-refractivity contribution is -0.109. The van der Waals surface area contributed by atoms with Gasteiger partial charge in [-0.1, -0.05) is 6.08 Å². The number of carbonyl (C=O) groups is 1. The lowest BCUT2D eigenvalue weighted by atomic mass is 9.98. The van der Waals surface area contributed by atoms with Crippen molar-refractivity contribution in [3.63, 3.8) is 0 Å². The normalized spacial score (nSPS) is 19.2. The Kier molecular flexibility index (Phi) is 3.02. The summed E-state index contributed by atoms with van der Waals surface area (Å²) in [6.45, 7) is 1.78. The second kappa shape index (κ2) is 4.04. The van der Waals surface area contributed by atoms with E-state index < -0.39 is 0 Å². The molecular formula is C9H12FNO. The van der Waals surface area contributed by atoms with E-state index in [1.165, 1.54) is 6.08 Å². The first-order valence-corrected chi connectivity index (χ1v) is 4.00. The molecule has 1 amide bonds. The number of allylic oxidation sites excluding steroid dienone is 3. The van der Waals surface area contributed by atoms with Crippen LogP contribution in [0.2, 0.25) is 0 Å². The van der Waals surface area contributed by atoms with E-state index >= 15 is 0 Å². The highest BCUT2D eigenvalue weighted by molar-refractivity contribution is 5.48. The van der Waals surface area contributed by atoms with E-state index in [0.29, 0.717) is 18.4 Å². The van der Waals surface area contributed by atoms with Crippen LogP contribution in [0.1, 0.15) is 19.8 Å². The molecule has 0 aromatic heterocycles. The van der Waals surface area contributed by atoms with Crippen molar-refractivity contribution in [3.05, 3.63) is 23.6 Å². The topological polar surface area (TPSA) is 29.1 Å². The van der Waals surface area contributed by atoms with Gasteiger partial charge < -0.3 is 5.32 Å².